The van der Waals surface area contributed by atoms with Crippen LogP contribution in [-0.4, -0.2) is 10.7 Å². The third-order valence-corrected chi connectivity index (χ3v) is 2.38. The Labute approximate surface area is 69.8 Å². The van der Waals surface area contributed by atoms with Crippen molar-refractivity contribution in [1.29, 1.82) is 0 Å². The predicted molar refractivity (Wildman–Crippen MR) is 48.1 cm³/mol. The van der Waals surface area contributed by atoms with Crippen LogP contribution in [0.3, 0.4) is 0 Å². The zero-order chi connectivity index (χ0) is 9.07. The van der Waals surface area contributed by atoms with E-state index in [1.807, 2.05) is 27.7 Å². The Morgan fingerprint density at radius 3 is 1.73 bits per heavy atom. The molecule has 0 aliphatic rings. The van der Waals surface area contributed by atoms with Crippen LogP contribution in [0.4, 0.5) is 0 Å². The summed E-state index contributed by atoms with van der Waals surface area (Å²) in [7, 11) is 0. The highest BCUT2D eigenvalue weighted by atomic mass is 16.3. The van der Waals surface area contributed by atoms with Crippen LogP contribution in [0.5, 0.6) is 0 Å². The van der Waals surface area contributed by atoms with Crippen LogP contribution >= 0.6 is 0 Å². The summed E-state index contributed by atoms with van der Waals surface area (Å²) in [5, 5.41) is 10.0. The number of rotatable bonds is 3. The molecule has 0 unspecified atom stereocenters. The quantitative estimate of drug-likeness (QED) is 0.617. The first-order valence-corrected chi connectivity index (χ1v) is 4.11. The number of aliphatic hydroxyl groups is 1. The summed E-state index contributed by atoms with van der Waals surface area (Å²) >= 11 is 0. The molecule has 0 radical (unpaired) electrons. The van der Waals surface area contributed by atoms with Crippen molar-refractivity contribution in [1.82, 2.24) is 0 Å². The van der Waals surface area contributed by atoms with Crippen molar-refractivity contribution < 1.29 is 5.11 Å². The van der Waals surface area contributed by atoms with Gasteiger partial charge in [0.05, 0.1) is 5.60 Å². The maximum absolute atomic E-state index is 10.0. The first-order valence-electron chi connectivity index (χ1n) is 4.11. The van der Waals surface area contributed by atoms with Crippen LogP contribution in [-0.2, 0) is 0 Å². The lowest BCUT2D eigenvalue weighted by Gasteiger charge is -2.34. The van der Waals surface area contributed by atoms with E-state index < -0.39 is 5.60 Å². The summed E-state index contributed by atoms with van der Waals surface area (Å²) in [5.41, 5.74) is -0.686. The first-order chi connectivity index (χ1) is 4.95. The van der Waals surface area contributed by atoms with Gasteiger partial charge in [-0.25, -0.2) is 0 Å². The van der Waals surface area contributed by atoms with Crippen molar-refractivity contribution in [3.8, 4) is 12.3 Å². The molecule has 0 aliphatic carbocycles. The second-order valence-electron chi connectivity index (χ2n) is 3.68. The van der Waals surface area contributed by atoms with Gasteiger partial charge in [-0.2, -0.15) is 0 Å². The van der Waals surface area contributed by atoms with Gasteiger partial charge in [0.15, 0.2) is 0 Å². The second kappa shape index (κ2) is 3.78. The van der Waals surface area contributed by atoms with Gasteiger partial charge in [-0.05, 0) is 11.8 Å². The van der Waals surface area contributed by atoms with E-state index in [9.17, 15) is 5.11 Å². The Morgan fingerprint density at radius 1 is 1.27 bits per heavy atom. The fraction of sp³-hybridized carbons (Fsp3) is 0.800. The zero-order valence-corrected chi connectivity index (χ0v) is 7.89. The Balaban J connectivity index is 4.41. The van der Waals surface area contributed by atoms with Crippen molar-refractivity contribution in [3.63, 3.8) is 0 Å². The minimum absolute atomic E-state index is 0.221. The minimum atomic E-state index is -0.686. The number of terminal acetylenes is 1. The number of hydrogen-bond acceptors (Lipinski definition) is 1. The molecular weight excluding hydrogens is 136 g/mol. The molecular formula is C10H18O. The van der Waals surface area contributed by atoms with Gasteiger partial charge in [0.25, 0.3) is 0 Å². The van der Waals surface area contributed by atoms with E-state index >= 15 is 0 Å². The molecule has 1 heteroatoms. The lowest BCUT2D eigenvalue weighted by atomic mass is 9.78. The van der Waals surface area contributed by atoms with Crippen LogP contribution in [0.15, 0.2) is 0 Å². The highest BCUT2D eigenvalue weighted by Gasteiger charge is 2.33. The summed E-state index contributed by atoms with van der Waals surface area (Å²) in [6.07, 6.45) is 5.63. The highest BCUT2D eigenvalue weighted by Crippen LogP contribution is 2.28. The Kier molecular flexibility index (Phi) is 3.62. The molecule has 0 saturated heterocycles. The van der Waals surface area contributed by atoms with E-state index in [2.05, 4.69) is 5.92 Å². The molecule has 0 saturated carbocycles. The average molecular weight is 154 g/mol. The molecule has 0 rings (SSSR count). The maximum Gasteiger partial charge on any atom is 0.0801 e. The molecule has 0 aromatic heterocycles. The van der Waals surface area contributed by atoms with Crippen LogP contribution < -0.4 is 0 Å². The summed E-state index contributed by atoms with van der Waals surface area (Å²) in [5.74, 6) is 2.96. The lowest BCUT2D eigenvalue weighted by Crippen LogP contribution is -2.40. The van der Waals surface area contributed by atoms with E-state index in [0.29, 0.717) is 6.42 Å². The monoisotopic (exact) mass is 154 g/mol. The Morgan fingerprint density at radius 2 is 1.64 bits per heavy atom. The lowest BCUT2D eigenvalue weighted by molar-refractivity contribution is -0.0419. The molecule has 0 aromatic rings. The van der Waals surface area contributed by atoms with Crippen LogP contribution in [0.1, 0.15) is 34.1 Å². The average Bonchev–Trinajstić information content (AvgIpc) is 1.87. The summed E-state index contributed by atoms with van der Waals surface area (Å²) in [4.78, 5) is 0. The minimum Gasteiger partial charge on any atom is -0.388 e. The largest absolute Gasteiger partial charge is 0.388 e. The molecule has 1 N–H and O–H groups in total. The highest BCUT2D eigenvalue weighted by molar-refractivity contribution is 4.98. The predicted octanol–water partition coefficient (Wildman–Crippen LogP) is 2.05. The molecule has 0 atom stereocenters. The fourth-order valence-corrected chi connectivity index (χ4v) is 1.24. The van der Waals surface area contributed by atoms with E-state index in [-0.39, 0.29) is 11.8 Å². The molecule has 0 amide bonds. The van der Waals surface area contributed by atoms with Crippen molar-refractivity contribution >= 4 is 0 Å². The molecule has 0 spiro atoms. The second-order valence-corrected chi connectivity index (χ2v) is 3.68. The molecule has 0 bridgehead atoms. The van der Waals surface area contributed by atoms with Crippen molar-refractivity contribution in [2.45, 2.75) is 39.7 Å². The van der Waals surface area contributed by atoms with Gasteiger partial charge >= 0.3 is 0 Å². The van der Waals surface area contributed by atoms with Gasteiger partial charge in [0.2, 0.25) is 0 Å². The van der Waals surface area contributed by atoms with Crippen molar-refractivity contribution in [2.24, 2.45) is 11.8 Å². The van der Waals surface area contributed by atoms with E-state index in [0.717, 1.165) is 0 Å². The normalized spacial score (nSPS) is 12.2. The number of hydrogen-bond donors (Lipinski definition) is 1. The summed E-state index contributed by atoms with van der Waals surface area (Å²) in [6, 6.07) is 0. The van der Waals surface area contributed by atoms with Crippen LogP contribution in [0.2, 0.25) is 0 Å². The standard InChI is InChI=1S/C10H18O/c1-6-7-10(11,8(2)3)9(4)5/h1,8-9,11H,7H2,2-5H3. The van der Waals surface area contributed by atoms with Crippen molar-refractivity contribution in [2.75, 3.05) is 0 Å². The Bertz CT molecular complexity index is 143. The van der Waals surface area contributed by atoms with Crippen LogP contribution in [0, 0.1) is 24.2 Å². The van der Waals surface area contributed by atoms with Gasteiger partial charge in [-0.3, -0.25) is 0 Å². The third-order valence-electron chi connectivity index (χ3n) is 2.38. The summed E-state index contributed by atoms with van der Waals surface area (Å²) in [6.45, 7) is 7.99. The van der Waals surface area contributed by atoms with Gasteiger partial charge in [0, 0.05) is 6.42 Å². The smallest absolute Gasteiger partial charge is 0.0801 e. The maximum atomic E-state index is 10.0. The molecule has 1 nitrogen and oxygen atoms in total. The fourth-order valence-electron chi connectivity index (χ4n) is 1.24. The SMILES string of the molecule is C#CCC(O)(C(C)C)C(C)C. The summed E-state index contributed by atoms with van der Waals surface area (Å²) < 4.78 is 0. The molecule has 64 valence electrons. The first kappa shape index (κ1) is 10.5. The van der Waals surface area contributed by atoms with Gasteiger partial charge in [0.1, 0.15) is 0 Å². The van der Waals surface area contributed by atoms with Crippen LogP contribution in [0.25, 0.3) is 0 Å². The van der Waals surface area contributed by atoms with E-state index in [1.54, 1.807) is 0 Å². The third kappa shape index (κ3) is 2.24. The zero-order valence-electron chi connectivity index (χ0n) is 7.89. The Hall–Kier alpha value is -0.480. The van der Waals surface area contributed by atoms with Crippen molar-refractivity contribution in [3.05, 3.63) is 0 Å². The van der Waals surface area contributed by atoms with E-state index in [4.69, 9.17) is 6.42 Å². The van der Waals surface area contributed by atoms with E-state index in [1.165, 1.54) is 0 Å². The molecule has 0 fully saturated rings. The van der Waals surface area contributed by atoms with Gasteiger partial charge < -0.3 is 5.11 Å². The molecule has 0 heterocycles. The van der Waals surface area contributed by atoms with Gasteiger partial charge in [-0.15, -0.1) is 12.3 Å². The molecule has 0 aliphatic heterocycles. The topological polar surface area (TPSA) is 20.2 Å². The molecule has 0 aromatic carbocycles. The molecule has 11 heavy (non-hydrogen) atoms. The van der Waals surface area contributed by atoms with Gasteiger partial charge in [-0.1, -0.05) is 27.7 Å².